The van der Waals surface area contributed by atoms with Gasteiger partial charge >= 0.3 is 0 Å². The molecule has 2 fully saturated rings. The molecule has 5 rings (SSSR count). The molecule has 0 radical (unpaired) electrons. The third-order valence-corrected chi connectivity index (χ3v) is 9.30. The molecule has 0 heterocycles. The largest absolute Gasteiger partial charge is 0.300 e. The van der Waals surface area contributed by atoms with Crippen molar-refractivity contribution in [3.63, 3.8) is 0 Å². The standard InChI is InChI=1S/C12H18O2.C12H20O.C12H16O/c13-11-7-4-2-1-3-5-8-12(14)10-6-9-11;2*13-12-9-5-7-10-6-3-1-2-4-8-11(10)12/h1-2H,3-10H2;10-11H,1-9H2;2,4H,1,3,5-9H2/b2-1-;;4-2-. The molecule has 0 saturated heterocycles. The molecule has 0 aromatic carbocycles. The summed E-state index contributed by atoms with van der Waals surface area (Å²) in [6, 6.07) is 0. The van der Waals surface area contributed by atoms with Crippen molar-refractivity contribution in [2.75, 3.05) is 0 Å². The van der Waals surface area contributed by atoms with Gasteiger partial charge in [-0.25, -0.2) is 0 Å². The number of hydrogen-bond acceptors (Lipinski definition) is 4. The fourth-order valence-electron chi connectivity index (χ4n) is 6.93. The van der Waals surface area contributed by atoms with Crippen LogP contribution in [0.1, 0.15) is 154 Å². The van der Waals surface area contributed by atoms with E-state index in [1.807, 2.05) is 0 Å². The van der Waals surface area contributed by atoms with Crippen LogP contribution in [-0.2, 0) is 19.2 Å². The Hall–Kier alpha value is -2.10. The lowest BCUT2D eigenvalue weighted by Gasteiger charge is -2.32. The molecule has 4 heteroatoms. The Morgan fingerprint density at radius 1 is 0.475 bits per heavy atom. The first-order valence-corrected chi connectivity index (χ1v) is 16.6. The molecule has 4 nitrogen and oxygen atoms in total. The Morgan fingerprint density at radius 3 is 1.90 bits per heavy atom. The SMILES string of the molecule is O=C1CC/C=C\CCCC(=O)CCC1.O=C1CCCC2=C1C/C=C\CCC2.O=C1CCCC2CCCCCCC12. The van der Waals surface area contributed by atoms with Crippen molar-refractivity contribution in [1.29, 1.82) is 0 Å². The molecule has 222 valence electrons. The van der Waals surface area contributed by atoms with Crippen LogP contribution >= 0.6 is 0 Å². The second-order valence-corrected chi connectivity index (χ2v) is 12.5. The van der Waals surface area contributed by atoms with Gasteiger partial charge in [0.25, 0.3) is 0 Å². The average molecular weight is 551 g/mol. The summed E-state index contributed by atoms with van der Waals surface area (Å²) in [4.78, 5) is 45.8. The van der Waals surface area contributed by atoms with Crippen LogP contribution in [0.3, 0.4) is 0 Å². The predicted molar refractivity (Wildman–Crippen MR) is 163 cm³/mol. The summed E-state index contributed by atoms with van der Waals surface area (Å²) in [5.41, 5.74) is 2.60. The molecule has 2 saturated carbocycles. The summed E-state index contributed by atoms with van der Waals surface area (Å²) in [5.74, 6) is 2.83. The van der Waals surface area contributed by atoms with Crippen molar-refractivity contribution < 1.29 is 19.2 Å². The smallest absolute Gasteiger partial charge is 0.159 e. The summed E-state index contributed by atoms with van der Waals surface area (Å²) < 4.78 is 0. The number of carbonyl (C=O) groups excluding carboxylic acids is 4. The van der Waals surface area contributed by atoms with Crippen LogP contribution in [0.5, 0.6) is 0 Å². The molecule has 5 aliphatic carbocycles. The monoisotopic (exact) mass is 550 g/mol. The van der Waals surface area contributed by atoms with Gasteiger partial charge < -0.3 is 0 Å². The molecule has 5 aliphatic rings. The number of hydrogen-bond donors (Lipinski definition) is 0. The maximum atomic E-state index is 11.7. The van der Waals surface area contributed by atoms with Gasteiger partial charge in [-0.15, -0.1) is 0 Å². The molecule has 0 amide bonds. The average Bonchev–Trinajstić information content (AvgIpc) is 2.90. The van der Waals surface area contributed by atoms with E-state index in [1.54, 1.807) is 0 Å². The molecule has 2 unspecified atom stereocenters. The molecule has 0 aromatic heterocycles. The van der Waals surface area contributed by atoms with Crippen LogP contribution in [-0.4, -0.2) is 23.1 Å². The Balaban J connectivity index is 0.000000165. The fourth-order valence-corrected chi connectivity index (χ4v) is 6.93. The van der Waals surface area contributed by atoms with Crippen molar-refractivity contribution in [2.24, 2.45) is 11.8 Å². The normalized spacial score (nSPS) is 28.6. The van der Waals surface area contributed by atoms with Crippen molar-refractivity contribution in [3.8, 4) is 0 Å². The highest BCUT2D eigenvalue weighted by molar-refractivity contribution is 5.97. The minimum atomic E-state index is 0.294. The minimum Gasteiger partial charge on any atom is -0.300 e. The van der Waals surface area contributed by atoms with Crippen molar-refractivity contribution in [2.45, 2.75) is 154 Å². The Bertz CT molecular complexity index is 921. The first-order chi connectivity index (χ1) is 19.5. The predicted octanol–water partition coefficient (Wildman–Crippen LogP) is 9.31. The van der Waals surface area contributed by atoms with E-state index in [1.165, 1.54) is 76.2 Å². The lowest BCUT2D eigenvalue weighted by Crippen LogP contribution is -2.29. The van der Waals surface area contributed by atoms with Crippen molar-refractivity contribution >= 4 is 23.1 Å². The number of allylic oxidation sites excluding steroid dienone is 6. The second kappa shape index (κ2) is 19.1. The zero-order valence-corrected chi connectivity index (χ0v) is 25.1. The molecular weight excluding hydrogens is 496 g/mol. The van der Waals surface area contributed by atoms with Gasteiger partial charge in [-0.2, -0.15) is 0 Å². The van der Waals surface area contributed by atoms with E-state index in [0.717, 1.165) is 69.3 Å². The zero-order valence-electron chi connectivity index (χ0n) is 25.1. The van der Waals surface area contributed by atoms with E-state index in [-0.39, 0.29) is 0 Å². The van der Waals surface area contributed by atoms with Crippen molar-refractivity contribution in [3.05, 3.63) is 35.5 Å². The van der Waals surface area contributed by atoms with Crippen LogP contribution in [0.15, 0.2) is 35.5 Å². The molecular formula is C36H54O4. The lowest BCUT2D eigenvalue weighted by molar-refractivity contribution is -0.127. The first kappa shape index (κ1) is 32.4. The quantitative estimate of drug-likeness (QED) is 0.282. The zero-order chi connectivity index (χ0) is 28.4. The molecule has 0 N–H and O–H groups in total. The molecule has 0 aromatic rings. The highest BCUT2D eigenvalue weighted by atomic mass is 16.1. The third-order valence-electron chi connectivity index (χ3n) is 9.30. The maximum absolute atomic E-state index is 11.7. The Morgan fingerprint density at radius 2 is 1.07 bits per heavy atom. The van der Waals surface area contributed by atoms with Gasteiger partial charge in [-0.05, 0) is 101 Å². The second-order valence-electron chi connectivity index (χ2n) is 12.5. The molecule has 2 atom stereocenters. The van der Waals surface area contributed by atoms with Gasteiger partial charge in [0.2, 0.25) is 0 Å². The number of carbonyl (C=O) groups is 4. The van der Waals surface area contributed by atoms with Crippen LogP contribution < -0.4 is 0 Å². The van der Waals surface area contributed by atoms with Crippen LogP contribution in [0.25, 0.3) is 0 Å². The topological polar surface area (TPSA) is 68.3 Å². The molecule has 0 spiro atoms. The van der Waals surface area contributed by atoms with E-state index in [0.29, 0.717) is 54.7 Å². The van der Waals surface area contributed by atoms with Crippen LogP contribution in [0.2, 0.25) is 0 Å². The summed E-state index contributed by atoms with van der Waals surface area (Å²) in [6.45, 7) is 0. The molecule has 0 bridgehead atoms. The van der Waals surface area contributed by atoms with Gasteiger partial charge in [0.15, 0.2) is 5.78 Å². The number of fused-ring (bicyclic) bond motifs is 1. The summed E-state index contributed by atoms with van der Waals surface area (Å²) in [6.07, 6.45) is 33.4. The van der Waals surface area contributed by atoms with Crippen LogP contribution in [0.4, 0.5) is 0 Å². The van der Waals surface area contributed by atoms with E-state index in [9.17, 15) is 19.2 Å². The van der Waals surface area contributed by atoms with E-state index < -0.39 is 0 Å². The van der Waals surface area contributed by atoms with Gasteiger partial charge in [-0.1, -0.05) is 55.6 Å². The summed E-state index contributed by atoms with van der Waals surface area (Å²) >= 11 is 0. The number of ketones is 4. The number of rotatable bonds is 0. The Labute approximate surface area is 243 Å². The van der Waals surface area contributed by atoms with E-state index in [2.05, 4.69) is 24.3 Å². The highest BCUT2D eigenvalue weighted by Gasteiger charge is 2.31. The summed E-state index contributed by atoms with van der Waals surface area (Å²) in [7, 11) is 0. The molecule has 40 heavy (non-hydrogen) atoms. The van der Waals surface area contributed by atoms with Crippen molar-refractivity contribution in [1.82, 2.24) is 0 Å². The highest BCUT2D eigenvalue weighted by Crippen LogP contribution is 2.36. The van der Waals surface area contributed by atoms with E-state index >= 15 is 0 Å². The third kappa shape index (κ3) is 12.2. The summed E-state index contributed by atoms with van der Waals surface area (Å²) in [5, 5.41) is 0. The molecule has 0 aliphatic heterocycles. The maximum Gasteiger partial charge on any atom is 0.159 e. The van der Waals surface area contributed by atoms with E-state index in [4.69, 9.17) is 0 Å². The first-order valence-electron chi connectivity index (χ1n) is 16.6. The minimum absolute atomic E-state index is 0.294. The Kier molecular flexibility index (Phi) is 15.5. The lowest BCUT2D eigenvalue weighted by atomic mass is 9.72. The number of Topliss-reactive ketones (excluding diaryl/α,β-unsaturated/α-hetero) is 4. The van der Waals surface area contributed by atoms with Gasteiger partial charge in [-0.3, -0.25) is 19.2 Å². The fraction of sp³-hybridized carbons (Fsp3) is 0.722. The van der Waals surface area contributed by atoms with Gasteiger partial charge in [0, 0.05) is 44.4 Å². The van der Waals surface area contributed by atoms with Crippen LogP contribution in [0, 0.1) is 11.8 Å². The van der Waals surface area contributed by atoms with Gasteiger partial charge in [0.05, 0.1) is 0 Å². The van der Waals surface area contributed by atoms with Gasteiger partial charge in [0.1, 0.15) is 17.3 Å².